The van der Waals surface area contributed by atoms with Gasteiger partial charge in [0.25, 0.3) is 0 Å². The fourth-order valence-electron chi connectivity index (χ4n) is 4.93. The topological polar surface area (TPSA) is 70.7 Å². The largest absolute Gasteiger partial charge is 0.487 e. The Morgan fingerprint density at radius 2 is 1.78 bits per heavy atom. The molecule has 1 atom stereocenters. The van der Waals surface area contributed by atoms with E-state index in [1.54, 1.807) is 0 Å². The smallest absolute Gasteiger partial charge is 0.321 e. The van der Waals surface area contributed by atoms with Crippen LogP contribution in [0.4, 0.5) is 10.5 Å². The number of nitrogens with one attached hydrogen (secondary N) is 2. The molecule has 1 aliphatic carbocycles. The summed E-state index contributed by atoms with van der Waals surface area (Å²) < 4.78 is 6.54. The van der Waals surface area contributed by atoms with Gasteiger partial charge in [-0.15, -0.1) is 0 Å². The number of carbonyl (C=O) groups excluding carboxylic acids is 2. The Hall–Kier alpha value is -3.02. The number of carbonyl (C=O) groups is 2. The number of aryl methyl sites for hydroxylation is 1. The van der Waals surface area contributed by atoms with Crippen LogP contribution in [0, 0.1) is 6.92 Å². The zero-order valence-corrected chi connectivity index (χ0v) is 18.6. The van der Waals surface area contributed by atoms with Crippen LogP contribution in [0.3, 0.4) is 0 Å². The molecular formula is C26H31N3O3. The lowest BCUT2D eigenvalue weighted by Crippen LogP contribution is -2.52. The number of urea groups is 1. The molecule has 1 unspecified atom stereocenters. The maximum absolute atomic E-state index is 12.8. The molecule has 1 spiro atoms. The molecule has 5 rings (SSSR count). The molecule has 6 nitrogen and oxygen atoms in total. The lowest BCUT2D eigenvalue weighted by Gasteiger charge is -2.46. The molecule has 3 amide bonds. The van der Waals surface area contributed by atoms with Gasteiger partial charge in [0.1, 0.15) is 11.4 Å². The second-order valence-corrected chi connectivity index (χ2v) is 9.55. The predicted molar refractivity (Wildman–Crippen MR) is 124 cm³/mol. The fourth-order valence-corrected chi connectivity index (χ4v) is 4.93. The Kier molecular flexibility index (Phi) is 5.53. The molecule has 2 aromatic carbocycles. The van der Waals surface area contributed by atoms with Crippen molar-refractivity contribution in [2.75, 3.05) is 18.4 Å². The van der Waals surface area contributed by atoms with E-state index in [1.165, 1.54) is 0 Å². The Labute approximate surface area is 189 Å². The van der Waals surface area contributed by atoms with Gasteiger partial charge in [-0.05, 0) is 49.9 Å². The number of fused-ring (bicyclic) bond motifs is 1. The van der Waals surface area contributed by atoms with Crippen molar-refractivity contribution in [3.63, 3.8) is 0 Å². The molecule has 0 bridgehead atoms. The monoisotopic (exact) mass is 433 g/mol. The average molecular weight is 434 g/mol. The molecule has 2 aromatic rings. The number of benzene rings is 2. The molecule has 168 valence electrons. The molecule has 1 saturated carbocycles. The molecule has 2 fully saturated rings. The molecule has 32 heavy (non-hydrogen) atoms. The Balaban J connectivity index is 1.24. The molecule has 1 saturated heterocycles. The highest BCUT2D eigenvalue weighted by atomic mass is 16.5. The van der Waals surface area contributed by atoms with Gasteiger partial charge in [-0.25, -0.2) is 4.79 Å². The highest BCUT2D eigenvalue weighted by molar-refractivity contribution is 5.89. The number of anilines is 1. The molecule has 0 aromatic heterocycles. The van der Waals surface area contributed by atoms with Crippen LogP contribution in [-0.2, 0) is 4.79 Å². The third-order valence-corrected chi connectivity index (χ3v) is 6.94. The molecule has 2 aliphatic heterocycles. The number of rotatable bonds is 4. The van der Waals surface area contributed by atoms with E-state index >= 15 is 0 Å². The maximum atomic E-state index is 12.8. The summed E-state index contributed by atoms with van der Waals surface area (Å²) >= 11 is 0. The fraction of sp³-hybridized carbons (Fsp3) is 0.462. The maximum Gasteiger partial charge on any atom is 0.321 e. The minimum atomic E-state index is -0.320. The number of ether oxygens (including phenoxy) is 1. The van der Waals surface area contributed by atoms with Crippen LogP contribution in [0.2, 0.25) is 0 Å². The van der Waals surface area contributed by atoms with Crippen LogP contribution in [0.1, 0.15) is 55.6 Å². The van der Waals surface area contributed by atoms with Crippen molar-refractivity contribution in [3.05, 3.63) is 59.7 Å². The zero-order valence-electron chi connectivity index (χ0n) is 18.6. The molecule has 6 heteroatoms. The average Bonchev–Trinajstić information content (AvgIpc) is 3.59. The van der Waals surface area contributed by atoms with Gasteiger partial charge in [-0.2, -0.15) is 0 Å². The van der Waals surface area contributed by atoms with Crippen LogP contribution in [0.5, 0.6) is 5.75 Å². The lowest BCUT2D eigenvalue weighted by molar-refractivity contribution is -0.122. The van der Waals surface area contributed by atoms with Crippen molar-refractivity contribution < 1.29 is 14.3 Å². The SMILES string of the molecule is Cc1ccc(NC(=O)N2CCC3(CC2)CC(CC(=O)NC2CC2)c2ccccc2O3)cc1. The van der Waals surface area contributed by atoms with Gasteiger partial charge in [-0.3, -0.25) is 4.79 Å². The van der Waals surface area contributed by atoms with E-state index in [4.69, 9.17) is 4.74 Å². The summed E-state index contributed by atoms with van der Waals surface area (Å²) in [6, 6.07) is 16.3. The van der Waals surface area contributed by atoms with Crippen LogP contribution in [0.15, 0.2) is 48.5 Å². The van der Waals surface area contributed by atoms with Crippen LogP contribution >= 0.6 is 0 Å². The summed E-state index contributed by atoms with van der Waals surface area (Å²) in [6.45, 7) is 3.31. The molecule has 2 N–H and O–H groups in total. The van der Waals surface area contributed by atoms with Crippen molar-refractivity contribution in [2.45, 2.75) is 63.0 Å². The quantitative estimate of drug-likeness (QED) is 0.741. The first-order valence-electron chi connectivity index (χ1n) is 11.7. The van der Waals surface area contributed by atoms with Crippen LogP contribution in [0.25, 0.3) is 0 Å². The minimum absolute atomic E-state index is 0.0692. The third kappa shape index (κ3) is 4.59. The number of hydrogen-bond acceptors (Lipinski definition) is 3. The zero-order chi connectivity index (χ0) is 22.1. The van der Waals surface area contributed by atoms with E-state index in [2.05, 4.69) is 16.7 Å². The Bertz CT molecular complexity index is 992. The van der Waals surface area contributed by atoms with Crippen molar-refractivity contribution in [1.29, 1.82) is 0 Å². The summed E-state index contributed by atoms with van der Waals surface area (Å²) in [6.07, 6.45) is 5.04. The highest BCUT2D eigenvalue weighted by Crippen LogP contribution is 2.46. The van der Waals surface area contributed by atoms with Gasteiger partial charge in [0.2, 0.25) is 5.91 Å². The van der Waals surface area contributed by atoms with E-state index in [0.717, 1.165) is 54.7 Å². The van der Waals surface area contributed by atoms with E-state index in [0.29, 0.717) is 25.6 Å². The normalized spacial score (nSPS) is 21.4. The first-order chi connectivity index (χ1) is 15.5. The summed E-state index contributed by atoms with van der Waals surface area (Å²) in [5.74, 6) is 1.17. The summed E-state index contributed by atoms with van der Waals surface area (Å²) in [5.41, 5.74) is 2.78. The Morgan fingerprint density at radius 1 is 1.06 bits per heavy atom. The summed E-state index contributed by atoms with van der Waals surface area (Å²) in [4.78, 5) is 27.2. The van der Waals surface area contributed by atoms with Crippen molar-refractivity contribution >= 4 is 17.6 Å². The van der Waals surface area contributed by atoms with E-state index < -0.39 is 0 Å². The van der Waals surface area contributed by atoms with Gasteiger partial charge >= 0.3 is 6.03 Å². The van der Waals surface area contributed by atoms with Gasteiger partial charge in [0, 0.05) is 50.0 Å². The summed E-state index contributed by atoms with van der Waals surface area (Å²) in [5, 5.41) is 6.13. The number of hydrogen-bond donors (Lipinski definition) is 2. The predicted octanol–water partition coefficient (Wildman–Crippen LogP) is 4.60. The minimum Gasteiger partial charge on any atom is -0.487 e. The van der Waals surface area contributed by atoms with Gasteiger partial charge < -0.3 is 20.3 Å². The lowest BCUT2D eigenvalue weighted by atomic mass is 9.76. The number of para-hydroxylation sites is 1. The van der Waals surface area contributed by atoms with Crippen LogP contribution in [-0.4, -0.2) is 41.6 Å². The van der Waals surface area contributed by atoms with Gasteiger partial charge in [0.05, 0.1) is 0 Å². The van der Waals surface area contributed by atoms with Crippen LogP contribution < -0.4 is 15.4 Å². The van der Waals surface area contributed by atoms with Crippen molar-refractivity contribution in [1.82, 2.24) is 10.2 Å². The van der Waals surface area contributed by atoms with E-state index in [-0.39, 0.29) is 23.5 Å². The molecule has 3 aliphatic rings. The number of piperidine rings is 1. The van der Waals surface area contributed by atoms with E-state index in [9.17, 15) is 9.59 Å². The molecular weight excluding hydrogens is 402 g/mol. The summed E-state index contributed by atoms with van der Waals surface area (Å²) in [7, 11) is 0. The second-order valence-electron chi connectivity index (χ2n) is 9.55. The number of amides is 3. The first-order valence-corrected chi connectivity index (χ1v) is 11.7. The molecule has 2 heterocycles. The number of likely N-dealkylation sites (tertiary alicyclic amines) is 1. The van der Waals surface area contributed by atoms with Gasteiger partial charge in [-0.1, -0.05) is 35.9 Å². The van der Waals surface area contributed by atoms with E-state index in [1.807, 2.05) is 54.3 Å². The van der Waals surface area contributed by atoms with Crippen molar-refractivity contribution in [3.8, 4) is 5.75 Å². The van der Waals surface area contributed by atoms with Gasteiger partial charge in [0.15, 0.2) is 0 Å². The standard InChI is InChI=1S/C26H31N3O3/c1-18-6-8-21(9-7-18)28-25(31)29-14-12-26(13-15-29)17-19(16-24(30)27-20-10-11-20)22-4-2-3-5-23(22)32-26/h2-9,19-20H,10-17H2,1H3,(H,27,30)(H,28,31). The highest BCUT2D eigenvalue weighted by Gasteiger charge is 2.44. The third-order valence-electron chi connectivity index (χ3n) is 6.94. The number of nitrogens with zero attached hydrogens (tertiary/aromatic N) is 1. The molecule has 0 radical (unpaired) electrons. The Morgan fingerprint density at radius 3 is 2.50 bits per heavy atom. The first kappa shape index (κ1) is 20.9. The van der Waals surface area contributed by atoms with Crippen molar-refractivity contribution in [2.24, 2.45) is 0 Å². The second kappa shape index (κ2) is 8.49.